The van der Waals surface area contributed by atoms with Crippen molar-refractivity contribution in [3.05, 3.63) is 0 Å². The minimum atomic E-state index is -0.752. The fourth-order valence-electron chi connectivity index (χ4n) is 3.16. The number of rotatable bonds is 6. The molecule has 0 aromatic heterocycles. The van der Waals surface area contributed by atoms with Crippen molar-refractivity contribution >= 4 is 5.97 Å². The molecule has 0 aliphatic heterocycles. The molecular formula is C15H29NO2. The van der Waals surface area contributed by atoms with Crippen LogP contribution in [0.5, 0.6) is 0 Å². The lowest BCUT2D eigenvalue weighted by Crippen LogP contribution is -2.54. The highest BCUT2D eigenvalue weighted by Crippen LogP contribution is 2.31. The zero-order valence-electron chi connectivity index (χ0n) is 12.3. The van der Waals surface area contributed by atoms with Crippen LogP contribution in [0.4, 0.5) is 0 Å². The van der Waals surface area contributed by atoms with E-state index in [9.17, 15) is 9.90 Å². The average Bonchev–Trinajstić information content (AvgIpc) is 2.29. The molecule has 0 aromatic rings. The topological polar surface area (TPSA) is 49.3 Å². The van der Waals surface area contributed by atoms with Gasteiger partial charge in [-0.3, -0.25) is 10.1 Å². The first-order valence-electron chi connectivity index (χ1n) is 7.40. The Kier molecular flexibility index (Phi) is 5.64. The van der Waals surface area contributed by atoms with Crippen LogP contribution in [-0.2, 0) is 4.79 Å². The van der Waals surface area contributed by atoms with Crippen LogP contribution >= 0.6 is 0 Å². The molecule has 0 bridgehead atoms. The fourth-order valence-corrected chi connectivity index (χ4v) is 3.16. The average molecular weight is 255 g/mol. The van der Waals surface area contributed by atoms with Crippen molar-refractivity contribution in [1.29, 1.82) is 0 Å². The summed E-state index contributed by atoms with van der Waals surface area (Å²) in [6.45, 7) is 8.42. The largest absolute Gasteiger partial charge is 0.480 e. The highest BCUT2D eigenvalue weighted by Gasteiger charge is 2.36. The Morgan fingerprint density at radius 2 is 2.11 bits per heavy atom. The van der Waals surface area contributed by atoms with Crippen molar-refractivity contribution in [3.8, 4) is 0 Å². The second-order valence-corrected chi connectivity index (χ2v) is 6.40. The van der Waals surface area contributed by atoms with Crippen LogP contribution in [-0.4, -0.2) is 22.7 Å². The van der Waals surface area contributed by atoms with E-state index in [1.165, 1.54) is 12.8 Å². The molecule has 2 N–H and O–H groups in total. The van der Waals surface area contributed by atoms with Gasteiger partial charge in [0.2, 0.25) is 0 Å². The van der Waals surface area contributed by atoms with Crippen LogP contribution < -0.4 is 5.32 Å². The van der Waals surface area contributed by atoms with Gasteiger partial charge in [0.05, 0.1) is 0 Å². The summed E-state index contributed by atoms with van der Waals surface area (Å²) >= 11 is 0. The summed E-state index contributed by atoms with van der Waals surface area (Å²) in [6.07, 6.45) is 6.37. The number of carbonyl (C=O) groups is 1. The molecule has 0 heterocycles. The zero-order valence-corrected chi connectivity index (χ0v) is 12.3. The molecule has 3 nitrogen and oxygen atoms in total. The second-order valence-electron chi connectivity index (χ2n) is 6.40. The third-order valence-corrected chi connectivity index (χ3v) is 4.40. The third kappa shape index (κ3) is 3.98. The Hall–Kier alpha value is -0.570. The number of carboxylic acid groups (broad SMARTS) is 1. The maximum atomic E-state index is 11.4. The van der Waals surface area contributed by atoms with E-state index >= 15 is 0 Å². The summed E-state index contributed by atoms with van der Waals surface area (Å²) in [6, 6.07) is 0.374. The van der Waals surface area contributed by atoms with Crippen molar-refractivity contribution in [2.24, 2.45) is 11.8 Å². The normalized spacial score (nSPS) is 28.1. The predicted molar refractivity (Wildman–Crippen MR) is 74.7 cm³/mol. The van der Waals surface area contributed by atoms with Gasteiger partial charge in [0, 0.05) is 6.04 Å². The van der Waals surface area contributed by atoms with E-state index in [-0.39, 0.29) is 0 Å². The fraction of sp³-hybridized carbons (Fsp3) is 0.933. The first-order valence-corrected chi connectivity index (χ1v) is 7.40. The lowest BCUT2D eigenvalue weighted by Gasteiger charge is -2.37. The van der Waals surface area contributed by atoms with Gasteiger partial charge in [-0.05, 0) is 38.0 Å². The Labute approximate surface area is 111 Å². The molecule has 1 saturated carbocycles. The zero-order chi connectivity index (χ0) is 13.8. The van der Waals surface area contributed by atoms with Gasteiger partial charge < -0.3 is 5.11 Å². The number of hydrogen-bond donors (Lipinski definition) is 2. The van der Waals surface area contributed by atoms with Crippen molar-refractivity contribution in [2.75, 3.05) is 0 Å². The van der Waals surface area contributed by atoms with Gasteiger partial charge >= 0.3 is 5.97 Å². The van der Waals surface area contributed by atoms with Gasteiger partial charge in [0.25, 0.3) is 0 Å². The van der Waals surface area contributed by atoms with Crippen molar-refractivity contribution in [1.82, 2.24) is 5.32 Å². The van der Waals surface area contributed by atoms with Crippen LogP contribution in [0.1, 0.15) is 66.2 Å². The highest BCUT2D eigenvalue weighted by molar-refractivity contribution is 5.78. The van der Waals surface area contributed by atoms with Gasteiger partial charge in [-0.1, -0.05) is 40.0 Å². The van der Waals surface area contributed by atoms with Gasteiger partial charge in [-0.2, -0.15) is 0 Å². The number of nitrogens with one attached hydrogen (secondary N) is 1. The molecule has 1 aliphatic rings. The molecule has 0 aromatic carbocycles. The number of carboxylic acids is 1. The van der Waals surface area contributed by atoms with Gasteiger partial charge in [-0.15, -0.1) is 0 Å². The molecule has 3 unspecified atom stereocenters. The van der Waals surface area contributed by atoms with Gasteiger partial charge in [-0.25, -0.2) is 0 Å². The summed E-state index contributed by atoms with van der Waals surface area (Å²) in [4.78, 5) is 11.4. The van der Waals surface area contributed by atoms with E-state index < -0.39 is 11.5 Å². The minimum Gasteiger partial charge on any atom is -0.480 e. The summed E-state index contributed by atoms with van der Waals surface area (Å²) in [7, 11) is 0. The molecule has 0 saturated heterocycles. The maximum absolute atomic E-state index is 11.4. The SMILES string of the molecule is CCCC(C)(NC1CCCC(C(C)C)C1)C(=O)O. The highest BCUT2D eigenvalue weighted by atomic mass is 16.4. The van der Waals surface area contributed by atoms with Crippen molar-refractivity contribution < 1.29 is 9.90 Å². The number of aliphatic carboxylic acids is 1. The molecule has 1 fully saturated rings. The Balaban J connectivity index is 2.61. The lowest BCUT2D eigenvalue weighted by atomic mass is 9.78. The monoisotopic (exact) mass is 255 g/mol. The Morgan fingerprint density at radius 3 is 2.61 bits per heavy atom. The third-order valence-electron chi connectivity index (χ3n) is 4.40. The van der Waals surface area contributed by atoms with Crippen LogP contribution in [0.25, 0.3) is 0 Å². The van der Waals surface area contributed by atoms with Crippen LogP contribution in [0.2, 0.25) is 0 Å². The minimum absolute atomic E-state index is 0.374. The van der Waals surface area contributed by atoms with Crippen molar-refractivity contribution in [2.45, 2.75) is 77.8 Å². The van der Waals surface area contributed by atoms with Crippen LogP contribution in [0.15, 0.2) is 0 Å². The molecule has 0 amide bonds. The first-order chi connectivity index (χ1) is 8.39. The molecule has 18 heavy (non-hydrogen) atoms. The summed E-state index contributed by atoms with van der Waals surface area (Å²) < 4.78 is 0. The van der Waals surface area contributed by atoms with E-state index in [4.69, 9.17) is 0 Å². The first kappa shape index (κ1) is 15.5. The maximum Gasteiger partial charge on any atom is 0.323 e. The molecule has 106 valence electrons. The van der Waals surface area contributed by atoms with Crippen molar-refractivity contribution in [3.63, 3.8) is 0 Å². The quantitative estimate of drug-likeness (QED) is 0.764. The predicted octanol–water partition coefficient (Wildman–Crippen LogP) is 3.43. The van der Waals surface area contributed by atoms with Gasteiger partial charge in [0.15, 0.2) is 0 Å². The molecule has 0 radical (unpaired) electrons. The summed E-state index contributed by atoms with van der Waals surface area (Å²) in [5, 5.41) is 12.8. The molecule has 1 aliphatic carbocycles. The van der Waals surface area contributed by atoms with Crippen LogP contribution in [0.3, 0.4) is 0 Å². The number of hydrogen-bond acceptors (Lipinski definition) is 2. The lowest BCUT2D eigenvalue weighted by molar-refractivity contribution is -0.145. The smallest absolute Gasteiger partial charge is 0.323 e. The molecule has 1 rings (SSSR count). The standard InChI is InChI=1S/C15H29NO2/c1-5-9-15(4,14(17)18)16-13-8-6-7-12(10-13)11(2)3/h11-13,16H,5-10H2,1-4H3,(H,17,18). The van der Waals surface area contributed by atoms with E-state index in [1.54, 1.807) is 0 Å². The van der Waals surface area contributed by atoms with E-state index in [0.29, 0.717) is 18.4 Å². The molecular weight excluding hydrogens is 226 g/mol. The molecule has 0 spiro atoms. The van der Waals surface area contributed by atoms with E-state index in [2.05, 4.69) is 19.2 Å². The summed E-state index contributed by atoms with van der Waals surface area (Å²) in [5.41, 5.74) is -0.752. The second kappa shape index (κ2) is 6.55. The Bertz CT molecular complexity index is 278. The summed E-state index contributed by atoms with van der Waals surface area (Å²) in [5.74, 6) is 0.740. The molecule has 3 atom stereocenters. The van der Waals surface area contributed by atoms with Gasteiger partial charge in [0.1, 0.15) is 5.54 Å². The van der Waals surface area contributed by atoms with E-state index in [1.807, 2.05) is 13.8 Å². The Morgan fingerprint density at radius 1 is 1.44 bits per heavy atom. The van der Waals surface area contributed by atoms with Crippen LogP contribution in [0, 0.1) is 11.8 Å². The van der Waals surface area contributed by atoms with E-state index in [0.717, 1.165) is 25.2 Å². The molecule has 3 heteroatoms.